The Bertz CT molecular complexity index is 835. The Kier molecular flexibility index (Phi) is 3.76. The van der Waals surface area contributed by atoms with E-state index >= 15 is 0 Å². The lowest BCUT2D eigenvalue weighted by atomic mass is 10.4. The average molecular weight is 341 g/mol. The first kappa shape index (κ1) is 14.2. The summed E-state index contributed by atoms with van der Waals surface area (Å²) in [6.45, 7) is 0.480. The third kappa shape index (κ3) is 2.97. The van der Waals surface area contributed by atoms with Gasteiger partial charge in [-0.3, -0.25) is 9.82 Å². The summed E-state index contributed by atoms with van der Waals surface area (Å²) in [6.07, 6.45) is 1.38. The van der Waals surface area contributed by atoms with Gasteiger partial charge in [0.2, 0.25) is 0 Å². The van der Waals surface area contributed by atoms with Gasteiger partial charge in [0.1, 0.15) is 0 Å². The summed E-state index contributed by atoms with van der Waals surface area (Å²) < 4.78 is 26.5. The predicted molar refractivity (Wildman–Crippen MR) is 82.7 cm³/mol. The van der Waals surface area contributed by atoms with E-state index in [1.807, 2.05) is 12.1 Å². The van der Waals surface area contributed by atoms with Crippen LogP contribution in [0.15, 0.2) is 34.8 Å². The molecular weight excluding hydrogens is 330 g/mol. The van der Waals surface area contributed by atoms with E-state index < -0.39 is 10.0 Å². The van der Waals surface area contributed by atoms with Crippen LogP contribution in [0.2, 0.25) is 0 Å². The number of aromatic nitrogens is 3. The number of hydrogen-bond donors (Lipinski definition) is 3. The second-order valence-corrected chi connectivity index (χ2v) is 7.71. The minimum Gasteiger partial charge on any atom is -0.326 e. The van der Waals surface area contributed by atoms with Gasteiger partial charge < -0.3 is 5.73 Å². The summed E-state index contributed by atoms with van der Waals surface area (Å²) >= 11 is 2.77. The molecule has 0 atom stereocenters. The maximum Gasteiger partial charge on any atom is 0.280 e. The fourth-order valence-electron chi connectivity index (χ4n) is 1.62. The summed E-state index contributed by atoms with van der Waals surface area (Å²) in [5, 5.41) is 8.15. The monoisotopic (exact) mass is 341 g/mol. The van der Waals surface area contributed by atoms with Gasteiger partial charge in [0.25, 0.3) is 10.0 Å². The van der Waals surface area contributed by atoms with Gasteiger partial charge >= 0.3 is 0 Å². The average Bonchev–Trinajstić information content (AvgIpc) is 3.19. The van der Waals surface area contributed by atoms with Crippen molar-refractivity contribution >= 4 is 37.8 Å². The second-order valence-electron chi connectivity index (χ2n) is 4.03. The summed E-state index contributed by atoms with van der Waals surface area (Å²) in [6, 6.07) is 5.24. The van der Waals surface area contributed by atoms with Crippen molar-refractivity contribution < 1.29 is 8.42 Å². The molecule has 7 nitrogen and oxygen atoms in total. The largest absolute Gasteiger partial charge is 0.326 e. The highest BCUT2D eigenvalue weighted by molar-refractivity contribution is 7.92. The van der Waals surface area contributed by atoms with Crippen LogP contribution in [-0.4, -0.2) is 23.6 Å². The van der Waals surface area contributed by atoms with E-state index in [9.17, 15) is 8.42 Å². The van der Waals surface area contributed by atoms with E-state index in [1.54, 1.807) is 16.7 Å². The molecule has 0 aliphatic rings. The van der Waals surface area contributed by atoms with Crippen LogP contribution in [0.25, 0.3) is 10.6 Å². The topological polar surface area (TPSA) is 114 Å². The first-order valence-electron chi connectivity index (χ1n) is 5.85. The van der Waals surface area contributed by atoms with Crippen LogP contribution in [0.1, 0.15) is 4.88 Å². The van der Waals surface area contributed by atoms with Crippen LogP contribution in [-0.2, 0) is 16.6 Å². The molecule has 0 unspecified atom stereocenters. The lowest BCUT2D eigenvalue weighted by Gasteiger charge is -2.01. The van der Waals surface area contributed by atoms with Crippen molar-refractivity contribution in [1.82, 2.24) is 15.2 Å². The fraction of sp³-hybridized carbons (Fsp3) is 0.0909. The highest BCUT2D eigenvalue weighted by Crippen LogP contribution is 2.31. The normalized spacial score (nSPS) is 11.7. The van der Waals surface area contributed by atoms with Gasteiger partial charge in [0, 0.05) is 16.8 Å². The molecule has 0 aliphatic heterocycles. The molecule has 0 amide bonds. The number of anilines is 1. The molecule has 3 heterocycles. The van der Waals surface area contributed by atoms with Gasteiger partial charge in [-0.05, 0) is 18.2 Å². The standard InChI is InChI=1S/C11H11N5O2S3/c12-5-7-1-2-9(20-7)8-6-19-11(14-8)16-21(17,18)10-3-4-13-15-10/h1-4,6H,5,12H2,(H,13,15)(H,14,16). The molecule has 0 aliphatic carbocycles. The van der Waals surface area contributed by atoms with Crippen LogP contribution in [0.5, 0.6) is 0 Å². The van der Waals surface area contributed by atoms with Crippen molar-refractivity contribution in [2.75, 3.05) is 4.72 Å². The molecule has 0 bridgehead atoms. The van der Waals surface area contributed by atoms with Crippen molar-refractivity contribution in [3.05, 3.63) is 34.7 Å². The number of aromatic amines is 1. The molecule has 3 aromatic rings. The molecule has 0 radical (unpaired) electrons. The molecule has 3 aromatic heterocycles. The van der Waals surface area contributed by atoms with Crippen LogP contribution in [0, 0.1) is 0 Å². The molecule has 0 fully saturated rings. The third-order valence-electron chi connectivity index (χ3n) is 2.61. The Hall–Kier alpha value is -1.75. The van der Waals surface area contributed by atoms with Crippen molar-refractivity contribution in [3.63, 3.8) is 0 Å². The van der Waals surface area contributed by atoms with Crippen LogP contribution in [0.4, 0.5) is 5.13 Å². The van der Waals surface area contributed by atoms with E-state index in [-0.39, 0.29) is 5.03 Å². The molecule has 0 aromatic carbocycles. The molecule has 10 heteroatoms. The van der Waals surface area contributed by atoms with Crippen LogP contribution in [0.3, 0.4) is 0 Å². The molecule has 0 spiro atoms. The zero-order valence-corrected chi connectivity index (χ0v) is 13.1. The Balaban J connectivity index is 1.82. The minimum atomic E-state index is -3.68. The lowest BCUT2D eigenvalue weighted by molar-refractivity contribution is 0.597. The molecule has 4 N–H and O–H groups in total. The SMILES string of the molecule is NCc1ccc(-c2csc(NS(=O)(=O)c3ccn[nH]3)n2)s1. The van der Waals surface area contributed by atoms with E-state index in [0.29, 0.717) is 11.7 Å². The number of rotatable bonds is 5. The molecule has 110 valence electrons. The Morgan fingerprint density at radius 1 is 1.33 bits per heavy atom. The molecular formula is C11H11N5O2S3. The summed E-state index contributed by atoms with van der Waals surface area (Å²) in [4.78, 5) is 6.30. The second kappa shape index (κ2) is 5.56. The Labute approximate surface area is 128 Å². The molecule has 3 rings (SSSR count). The first-order valence-corrected chi connectivity index (χ1v) is 9.03. The minimum absolute atomic E-state index is 0.000733. The quantitative estimate of drug-likeness (QED) is 0.655. The summed E-state index contributed by atoms with van der Waals surface area (Å²) in [5.41, 5.74) is 6.30. The number of nitrogens with two attached hydrogens (primary N) is 1. The fourth-order valence-corrected chi connectivity index (χ4v) is 4.42. The van der Waals surface area contributed by atoms with E-state index in [1.165, 1.54) is 23.6 Å². The van der Waals surface area contributed by atoms with Crippen molar-refractivity contribution in [3.8, 4) is 10.6 Å². The predicted octanol–water partition coefficient (Wildman–Crippen LogP) is 1.85. The number of sulfonamides is 1. The van der Waals surface area contributed by atoms with E-state index in [2.05, 4.69) is 19.9 Å². The first-order chi connectivity index (χ1) is 10.1. The van der Waals surface area contributed by atoms with Gasteiger partial charge in [-0.25, -0.2) is 4.98 Å². The highest BCUT2D eigenvalue weighted by Gasteiger charge is 2.18. The molecule has 21 heavy (non-hydrogen) atoms. The van der Waals surface area contributed by atoms with Crippen molar-refractivity contribution in [2.24, 2.45) is 5.73 Å². The number of thiophene rings is 1. The number of nitrogens with one attached hydrogen (secondary N) is 2. The highest BCUT2D eigenvalue weighted by atomic mass is 32.2. The third-order valence-corrected chi connectivity index (χ3v) is 5.89. The number of hydrogen-bond acceptors (Lipinski definition) is 7. The van der Waals surface area contributed by atoms with Gasteiger partial charge in [-0.1, -0.05) is 0 Å². The smallest absolute Gasteiger partial charge is 0.280 e. The number of thiazole rings is 1. The molecule has 0 saturated carbocycles. The maximum absolute atomic E-state index is 12.0. The lowest BCUT2D eigenvalue weighted by Crippen LogP contribution is -2.13. The summed E-state index contributed by atoms with van der Waals surface area (Å²) in [5.74, 6) is 0. The number of H-pyrrole nitrogens is 1. The zero-order chi connectivity index (χ0) is 14.9. The van der Waals surface area contributed by atoms with Crippen molar-refractivity contribution in [1.29, 1.82) is 0 Å². The van der Waals surface area contributed by atoms with Gasteiger partial charge in [-0.15, -0.1) is 22.7 Å². The van der Waals surface area contributed by atoms with Crippen molar-refractivity contribution in [2.45, 2.75) is 11.6 Å². The zero-order valence-electron chi connectivity index (χ0n) is 10.6. The van der Waals surface area contributed by atoms with Gasteiger partial charge in [0.15, 0.2) is 10.2 Å². The van der Waals surface area contributed by atoms with Crippen LogP contribution < -0.4 is 10.5 Å². The van der Waals surface area contributed by atoms with Crippen LogP contribution >= 0.6 is 22.7 Å². The van der Waals surface area contributed by atoms with E-state index in [0.717, 1.165) is 15.4 Å². The Morgan fingerprint density at radius 3 is 2.86 bits per heavy atom. The van der Waals surface area contributed by atoms with Gasteiger partial charge in [-0.2, -0.15) is 13.5 Å². The van der Waals surface area contributed by atoms with E-state index in [4.69, 9.17) is 5.73 Å². The Morgan fingerprint density at radius 2 is 2.19 bits per heavy atom. The molecule has 0 saturated heterocycles. The maximum atomic E-state index is 12.0. The number of nitrogens with zero attached hydrogens (tertiary/aromatic N) is 2. The van der Waals surface area contributed by atoms with Gasteiger partial charge in [0.05, 0.1) is 16.8 Å². The summed E-state index contributed by atoms with van der Waals surface area (Å²) in [7, 11) is -3.68.